The van der Waals surface area contributed by atoms with Crippen molar-refractivity contribution in [3.8, 4) is 11.3 Å². The minimum atomic E-state index is -1.04. The summed E-state index contributed by atoms with van der Waals surface area (Å²) in [6, 6.07) is 16.3. The third kappa shape index (κ3) is 6.88. The van der Waals surface area contributed by atoms with Crippen molar-refractivity contribution in [3.05, 3.63) is 89.1 Å². The highest BCUT2D eigenvalue weighted by atomic mass is 16.5. The first kappa shape index (κ1) is 28.8. The van der Waals surface area contributed by atoms with E-state index in [2.05, 4.69) is 10.6 Å². The molecule has 4 rings (SSSR count). The number of nitrogens with zero attached hydrogens (tertiary/aromatic N) is 2. The van der Waals surface area contributed by atoms with Crippen LogP contribution in [0.5, 0.6) is 0 Å². The summed E-state index contributed by atoms with van der Waals surface area (Å²) in [5.74, 6) is -1.96. The summed E-state index contributed by atoms with van der Waals surface area (Å²) in [6.45, 7) is 3.75. The van der Waals surface area contributed by atoms with Crippen LogP contribution in [0.2, 0.25) is 0 Å². The van der Waals surface area contributed by atoms with E-state index in [1.54, 1.807) is 66.1 Å². The van der Waals surface area contributed by atoms with Gasteiger partial charge in [-0.1, -0.05) is 42.0 Å². The van der Waals surface area contributed by atoms with Gasteiger partial charge in [0, 0.05) is 17.3 Å². The first-order valence-electron chi connectivity index (χ1n) is 12.9. The van der Waals surface area contributed by atoms with E-state index in [1.165, 1.54) is 7.11 Å². The van der Waals surface area contributed by atoms with Crippen molar-refractivity contribution in [1.29, 1.82) is 0 Å². The number of anilines is 1. The Morgan fingerprint density at radius 1 is 1.00 bits per heavy atom. The minimum absolute atomic E-state index is 0.121. The quantitative estimate of drug-likeness (QED) is 0.232. The summed E-state index contributed by atoms with van der Waals surface area (Å²) < 4.78 is 11.5. The summed E-state index contributed by atoms with van der Waals surface area (Å²) in [6.07, 6.45) is 1.35. The minimum Gasteiger partial charge on any atom is -0.481 e. The van der Waals surface area contributed by atoms with Gasteiger partial charge in [0.25, 0.3) is 5.91 Å². The van der Waals surface area contributed by atoms with Gasteiger partial charge in [0.1, 0.15) is 23.7 Å². The third-order valence-electron chi connectivity index (χ3n) is 6.34. The van der Waals surface area contributed by atoms with E-state index in [-0.39, 0.29) is 25.1 Å². The van der Waals surface area contributed by atoms with E-state index in [0.29, 0.717) is 33.8 Å². The van der Waals surface area contributed by atoms with Gasteiger partial charge < -0.3 is 25.2 Å². The molecule has 0 fully saturated rings. The maximum absolute atomic E-state index is 13.2. The first-order chi connectivity index (χ1) is 19.7. The number of aliphatic carboxylic acids is 1. The molecule has 2 aromatic carbocycles. The standard InChI is InChI=1S/C30H30N4O7/c1-4-41-26(37)17-31-28-27(20-9-11-21(12-10-20)30(39)40-3)33-24-15-22(13-14-34(24)28)29(38)32-23(16-25(35)36)19-7-5-18(2)6-8-19/h5-15,23,31H,4,16-17H2,1-3H3,(H,32,38)(H,35,36). The van der Waals surface area contributed by atoms with Crippen molar-refractivity contribution in [1.82, 2.24) is 14.7 Å². The maximum atomic E-state index is 13.2. The van der Waals surface area contributed by atoms with Crippen molar-refractivity contribution in [3.63, 3.8) is 0 Å². The zero-order valence-corrected chi connectivity index (χ0v) is 22.8. The van der Waals surface area contributed by atoms with Gasteiger partial charge >= 0.3 is 17.9 Å². The number of aromatic nitrogens is 2. The number of aryl methyl sites for hydroxylation is 1. The molecule has 11 heteroatoms. The maximum Gasteiger partial charge on any atom is 0.337 e. The summed E-state index contributed by atoms with van der Waals surface area (Å²) >= 11 is 0. The lowest BCUT2D eigenvalue weighted by molar-refractivity contribution is -0.141. The zero-order valence-electron chi connectivity index (χ0n) is 22.8. The van der Waals surface area contributed by atoms with E-state index in [4.69, 9.17) is 14.5 Å². The second kappa shape index (κ2) is 12.8. The average molecular weight is 559 g/mol. The highest BCUT2D eigenvalue weighted by Gasteiger charge is 2.21. The lowest BCUT2D eigenvalue weighted by Gasteiger charge is -2.18. The molecule has 4 aromatic rings. The molecule has 0 saturated carbocycles. The van der Waals surface area contributed by atoms with Gasteiger partial charge in [-0.05, 0) is 43.7 Å². The Hall–Kier alpha value is -5.19. The van der Waals surface area contributed by atoms with Crippen LogP contribution >= 0.6 is 0 Å². The van der Waals surface area contributed by atoms with Gasteiger partial charge in [-0.2, -0.15) is 0 Å². The number of esters is 2. The van der Waals surface area contributed by atoms with E-state index in [0.717, 1.165) is 5.56 Å². The third-order valence-corrected chi connectivity index (χ3v) is 6.34. The van der Waals surface area contributed by atoms with Crippen LogP contribution in [0.3, 0.4) is 0 Å². The Morgan fingerprint density at radius 2 is 1.71 bits per heavy atom. The number of methoxy groups -OCH3 is 1. The lowest BCUT2D eigenvalue weighted by atomic mass is 10.0. The van der Waals surface area contributed by atoms with Gasteiger partial charge in [0.15, 0.2) is 0 Å². The number of hydrogen-bond donors (Lipinski definition) is 3. The summed E-state index contributed by atoms with van der Waals surface area (Å²) in [4.78, 5) is 53.4. The molecule has 2 aromatic heterocycles. The number of ether oxygens (including phenoxy) is 2. The van der Waals surface area contributed by atoms with E-state index in [1.807, 2.05) is 19.1 Å². The number of pyridine rings is 1. The predicted octanol–water partition coefficient (Wildman–Crippen LogP) is 4.02. The number of carbonyl (C=O) groups is 4. The zero-order chi connectivity index (χ0) is 29.5. The number of hydrogen-bond acceptors (Lipinski definition) is 8. The molecule has 41 heavy (non-hydrogen) atoms. The molecule has 0 spiro atoms. The molecular formula is C30H30N4O7. The molecule has 0 aliphatic carbocycles. The fourth-order valence-corrected chi connectivity index (χ4v) is 4.27. The highest BCUT2D eigenvalue weighted by Crippen LogP contribution is 2.30. The Balaban J connectivity index is 1.68. The number of benzene rings is 2. The number of rotatable bonds is 11. The number of carboxylic acids is 1. The number of carboxylic acid groups (broad SMARTS) is 1. The summed E-state index contributed by atoms with van der Waals surface area (Å²) in [5, 5.41) is 15.3. The van der Waals surface area contributed by atoms with E-state index in [9.17, 15) is 24.3 Å². The molecule has 2 heterocycles. The molecule has 1 unspecified atom stereocenters. The normalized spacial score (nSPS) is 11.5. The second-order valence-electron chi connectivity index (χ2n) is 9.21. The van der Waals surface area contributed by atoms with Gasteiger partial charge in [-0.15, -0.1) is 0 Å². The topological polar surface area (TPSA) is 148 Å². The van der Waals surface area contributed by atoms with Crippen LogP contribution < -0.4 is 10.6 Å². The fraction of sp³-hybridized carbons (Fsp3) is 0.233. The Morgan fingerprint density at radius 3 is 2.34 bits per heavy atom. The van der Waals surface area contributed by atoms with Gasteiger partial charge in [-0.25, -0.2) is 9.78 Å². The monoisotopic (exact) mass is 558 g/mol. The molecule has 0 aliphatic rings. The lowest BCUT2D eigenvalue weighted by Crippen LogP contribution is -2.30. The molecular weight excluding hydrogens is 528 g/mol. The van der Waals surface area contributed by atoms with Crippen molar-refractivity contribution in [2.24, 2.45) is 0 Å². The largest absolute Gasteiger partial charge is 0.481 e. The van der Waals surface area contributed by atoms with Crippen LogP contribution in [0.1, 0.15) is 51.2 Å². The number of carbonyl (C=O) groups excluding carboxylic acids is 3. The van der Waals surface area contributed by atoms with Crippen LogP contribution in [0.25, 0.3) is 16.9 Å². The van der Waals surface area contributed by atoms with Crippen LogP contribution in [0.15, 0.2) is 66.9 Å². The van der Waals surface area contributed by atoms with Crippen molar-refractivity contribution >= 4 is 35.3 Å². The van der Waals surface area contributed by atoms with Crippen LogP contribution in [0.4, 0.5) is 5.82 Å². The molecule has 212 valence electrons. The fourth-order valence-electron chi connectivity index (χ4n) is 4.27. The Bertz CT molecular complexity index is 1580. The Labute approximate surface area is 236 Å². The second-order valence-corrected chi connectivity index (χ2v) is 9.21. The SMILES string of the molecule is CCOC(=O)CNc1c(-c2ccc(C(=O)OC)cc2)nc2cc(C(=O)NC(CC(=O)O)c3ccc(C)cc3)ccn12. The molecule has 0 aliphatic heterocycles. The van der Waals surface area contributed by atoms with Gasteiger partial charge in [0.05, 0.1) is 31.7 Å². The Kier molecular flexibility index (Phi) is 8.98. The number of nitrogens with one attached hydrogen (secondary N) is 2. The summed E-state index contributed by atoms with van der Waals surface area (Å²) in [7, 11) is 1.30. The van der Waals surface area contributed by atoms with Crippen molar-refractivity contribution in [2.75, 3.05) is 25.6 Å². The number of amides is 1. The molecule has 11 nitrogen and oxygen atoms in total. The molecule has 0 radical (unpaired) electrons. The average Bonchev–Trinajstić information content (AvgIpc) is 3.33. The molecule has 0 saturated heterocycles. The number of imidazole rings is 1. The number of fused-ring (bicyclic) bond motifs is 1. The van der Waals surface area contributed by atoms with Crippen LogP contribution in [-0.4, -0.2) is 58.6 Å². The molecule has 1 amide bonds. The highest BCUT2D eigenvalue weighted by molar-refractivity contribution is 5.96. The smallest absolute Gasteiger partial charge is 0.337 e. The predicted molar refractivity (Wildman–Crippen MR) is 151 cm³/mol. The van der Waals surface area contributed by atoms with Gasteiger partial charge in [-0.3, -0.25) is 18.8 Å². The molecule has 3 N–H and O–H groups in total. The van der Waals surface area contributed by atoms with Crippen molar-refractivity contribution < 1.29 is 33.8 Å². The van der Waals surface area contributed by atoms with Crippen LogP contribution in [0, 0.1) is 6.92 Å². The molecule has 0 bridgehead atoms. The molecule has 1 atom stereocenters. The van der Waals surface area contributed by atoms with E-state index >= 15 is 0 Å². The van der Waals surface area contributed by atoms with Gasteiger partial charge in [0.2, 0.25) is 0 Å². The van der Waals surface area contributed by atoms with E-state index < -0.39 is 29.9 Å². The summed E-state index contributed by atoms with van der Waals surface area (Å²) in [5.41, 5.74) is 3.87. The van der Waals surface area contributed by atoms with Crippen molar-refractivity contribution in [2.45, 2.75) is 26.3 Å². The van der Waals surface area contributed by atoms with Crippen LogP contribution in [-0.2, 0) is 19.1 Å². The first-order valence-corrected chi connectivity index (χ1v) is 12.9.